The molecular formula is C33H33NO6S2. The number of carbonyl (C=O) groups is 1. The molecule has 0 radical (unpaired) electrons. The average molecular weight is 604 g/mol. The summed E-state index contributed by atoms with van der Waals surface area (Å²) >= 11 is 1.70. The van der Waals surface area contributed by atoms with Gasteiger partial charge >= 0.3 is 5.97 Å². The number of hydrogen-bond donors (Lipinski definition) is 1. The lowest BCUT2D eigenvalue weighted by Crippen LogP contribution is -2.26. The van der Waals surface area contributed by atoms with E-state index in [1.54, 1.807) is 30.5 Å². The molecule has 1 fully saturated rings. The van der Waals surface area contributed by atoms with Crippen LogP contribution in [0, 0.1) is 24.7 Å². The van der Waals surface area contributed by atoms with Crippen molar-refractivity contribution < 1.29 is 27.8 Å². The van der Waals surface area contributed by atoms with E-state index in [1.807, 2.05) is 18.2 Å². The molecule has 218 valence electrons. The van der Waals surface area contributed by atoms with Gasteiger partial charge in [-0.15, -0.1) is 17.3 Å². The summed E-state index contributed by atoms with van der Waals surface area (Å²) in [6, 6.07) is 16.0. The fourth-order valence-corrected chi connectivity index (χ4v) is 7.69. The molecule has 42 heavy (non-hydrogen) atoms. The van der Waals surface area contributed by atoms with Gasteiger partial charge in [0.25, 0.3) is 0 Å². The van der Waals surface area contributed by atoms with Gasteiger partial charge in [0.1, 0.15) is 22.2 Å². The molecule has 1 N–H and O–H groups in total. The molecule has 0 unspecified atom stereocenters. The summed E-state index contributed by atoms with van der Waals surface area (Å²) in [5, 5.41) is 12.5. The quantitative estimate of drug-likeness (QED) is 0.203. The van der Waals surface area contributed by atoms with Crippen LogP contribution in [-0.2, 0) is 21.2 Å². The SMILES string of the molecule is CC#C[C@H](CC(=O)O)c1ccc(OCc2ccc3scc(-c4ccc(OCC5CCS(=O)(=O)CC5)cc4C)c3c2)nc1. The number of aromatic nitrogens is 1. The van der Waals surface area contributed by atoms with E-state index in [4.69, 9.17) is 14.6 Å². The minimum absolute atomic E-state index is 0.0738. The van der Waals surface area contributed by atoms with E-state index in [2.05, 4.69) is 53.4 Å². The molecule has 2 aromatic heterocycles. The zero-order valence-electron chi connectivity index (χ0n) is 23.6. The number of pyridine rings is 1. The van der Waals surface area contributed by atoms with Crippen LogP contribution in [0.5, 0.6) is 11.6 Å². The van der Waals surface area contributed by atoms with Gasteiger partial charge in [0.2, 0.25) is 5.88 Å². The molecule has 0 saturated carbocycles. The Bertz CT molecular complexity index is 1730. The molecule has 3 heterocycles. The Morgan fingerprint density at radius 1 is 1.10 bits per heavy atom. The Labute approximate surface area is 250 Å². The minimum Gasteiger partial charge on any atom is -0.493 e. The number of aliphatic carboxylic acids is 1. The van der Waals surface area contributed by atoms with E-state index in [1.165, 1.54) is 4.70 Å². The number of fused-ring (bicyclic) bond motifs is 1. The predicted octanol–water partition coefficient (Wildman–Crippen LogP) is 6.64. The maximum Gasteiger partial charge on any atom is 0.304 e. The number of sulfone groups is 1. The summed E-state index contributed by atoms with van der Waals surface area (Å²) in [6.45, 7) is 4.65. The summed E-state index contributed by atoms with van der Waals surface area (Å²) in [4.78, 5) is 15.5. The topological polar surface area (TPSA) is 103 Å². The number of nitrogens with zero attached hydrogens (tertiary/aromatic N) is 1. The van der Waals surface area contributed by atoms with Crippen molar-refractivity contribution in [3.63, 3.8) is 0 Å². The van der Waals surface area contributed by atoms with Crippen LogP contribution in [0.15, 0.2) is 60.1 Å². The van der Waals surface area contributed by atoms with Gasteiger partial charge in [-0.3, -0.25) is 4.79 Å². The van der Waals surface area contributed by atoms with Gasteiger partial charge in [-0.1, -0.05) is 24.1 Å². The van der Waals surface area contributed by atoms with Crippen molar-refractivity contribution in [3.05, 3.63) is 76.8 Å². The molecule has 1 atom stereocenters. The number of ether oxygens (including phenoxy) is 2. The van der Waals surface area contributed by atoms with E-state index in [0.29, 0.717) is 31.9 Å². The Balaban J connectivity index is 1.25. The summed E-state index contributed by atoms with van der Waals surface area (Å²) < 4.78 is 36.6. The highest BCUT2D eigenvalue weighted by Gasteiger charge is 2.24. The summed E-state index contributed by atoms with van der Waals surface area (Å²) in [5.41, 5.74) is 5.17. The van der Waals surface area contributed by atoms with E-state index < -0.39 is 21.7 Å². The van der Waals surface area contributed by atoms with Crippen molar-refractivity contribution in [2.24, 2.45) is 5.92 Å². The molecule has 4 aromatic rings. The third-order valence-corrected chi connectivity index (χ3v) is 10.2. The number of aryl methyl sites for hydroxylation is 1. The summed E-state index contributed by atoms with van der Waals surface area (Å²) in [7, 11) is -2.87. The standard InChI is InChI=1S/C33H33NO6S2/c1-3-4-25(17-33(35)36)26-6-10-32(34-18-26)40-20-24-5-9-31-29(16-24)30(21-41-31)28-8-7-27(15-22(28)2)39-19-23-11-13-42(37,38)14-12-23/h5-10,15-16,18,21,23,25H,11-14,17,19-20H2,1-2H3,(H,35,36)/t25-/m1/s1. The van der Waals surface area contributed by atoms with Crippen LogP contribution in [0.1, 0.15) is 48.8 Å². The second kappa shape index (κ2) is 13.0. The van der Waals surface area contributed by atoms with E-state index in [0.717, 1.165) is 39.0 Å². The van der Waals surface area contributed by atoms with Gasteiger partial charge < -0.3 is 14.6 Å². The number of carboxylic acid groups (broad SMARTS) is 1. The van der Waals surface area contributed by atoms with Gasteiger partial charge in [0.15, 0.2) is 0 Å². The van der Waals surface area contributed by atoms with Gasteiger partial charge in [0.05, 0.1) is 30.5 Å². The van der Waals surface area contributed by atoms with Crippen LogP contribution in [0.3, 0.4) is 0 Å². The highest BCUT2D eigenvalue weighted by Crippen LogP contribution is 2.37. The first-order valence-corrected chi connectivity index (χ1v) is 16.6. The van der Waals surface area contributed by atoms with Crippen molar-refractivity contribution in [1.82, 2.24) is 4.98 Å². The van der Waals surface area contributed by atoms with Gasteiger partial charge in [-0.05, 0) is 84.5 Å². The molecule has 9 heteroatoms. The zero-order valence-corrected chi connectivity index (χ0v) is 25.3. The second-order valence-electron chi connectivity index (χ2n) is 10.6. The lowest BCUT2D eigenvalue weighted by atomic mass is 9.98. The predicted molar refractivity (Wildman–Crippen MR) is 166 cm³/mol. The third kappa shape index (κ3) is 7.30. The number of benzene rings is 2. The molecule has 0 aliphatic carbocycles. The van der Waals surface area contributed by atoms with Gasteiger partial charge in [0, 0.05) is 27.9 Å². The molecular weight excluding hydrogens is 570 g/mol. The zero-order chi connectivity index (χ0) is 29.7. The highest BCUT2D eigenvalue weighted by atomic mass is 32.2. The number of thiophene rings is 1. The smallest absolute Gasteiger partial charge is 0.304 e. The van der Waals surface area contributed by atoms with Crippen LogP contribution in [0.4, 0.5) is 0 Å². The normalized spacial score (nSPS) is 15.5. The number of hydrogen-bond acceptors (Lipinski definition) is 7. The van der Waals surface area contributed by atoms with Crippen molar-refractivity contribution in [1.29, 1.82) is 0 Å². The third-order valence-electron chi connectivity index (χ3n) is 7.53. The average Bonchev–Trinajstić information content (AvgIpc) is 3.38. The lowest BCUT2D eigenvalue weighted by molar-refractivity contribution is -0.137. The fourth-order valence-electron chi connectivity index (χ4n) is 5.16. The number of rotatable bonds is 10. The van der Waals surface area contributed by atoms with Crippen molar-refractivity contribution in [2.45, 2.75) is 45.6 Å². The van der Waals surface area contributed by atoms with Crippen LogP contribution in [0.2, 0.25) is 0 Å². The summed E-state index contributed by atoms with van der Waals surface area (Å²) in [5.74, 6) is 6.46. The Hall–Kier alpha value is -3.87. The van der Waals surface area contributed by atoms with Crippen LogP contribution < -0.4 is 9.47 Å². The minimum atomic E-state index is -2.87. The monoisotopic (exact) mass is 603 g/mol. The molecule has 7 nitrogen and oxygen atoms in total. The first-order chi connectivity index (χ1) is 20.2. The van der Waals surface area contributed by atoms with Crippen LogP contribution >= 0.6 is 11.3 Å². The lowest BCUT2D eigenvalue weighted by Gasteiger charge is -2.22. The largest absolute Gasteiger partial charge is 0.493 e. The van der Waals surface area contributed by atoms with Crippen LogP contribution in [0.25, 0.3) is 21.2 Å². The van der Waals surface area contributed by atoms with Crippen molar-refractivity contribution in [3.8, 4) is 34.6 Å². The molecule has 1 aliphatic heterocycles. The molecule has 1 aliphatic rings. The molecule has 1 saturated heterocycles. The molecule has 0 amide bonds. The number of carboxylic acids is 1. The van der Waals surface area contributed by atoms with Crippen molar-refractivity contribution >= 4 is 37.2 Å². The molecule has 0 bridgehead atoms. The van der Waals surface area contributed by atoms with E-state index in [-0.39, 0.29) is 23.8 Å². The van der Waals surface area contributed by atoms with E-state index >= 15 is 0 Å². The Morgan fingerprint density at radius 3 is 2.60 bits per heavy atom. The second-order valence-corrected chi connectivity index (χ2v) is 13.8. The highest BCUT2D eigenvalue weighted by molar-refractivity contribution is 7.91. The maximum absolute atomic E-state index is 11.7. The fraction of sp³-hybridized carbons (Fsp3) is 0.333. The van der Waals surface area contributed by atoms with Crippen LogP contribution in [-0.4, -0.2) is 42.6 Å². The van der Waals surface area contributed by atoms with E-state index in [9.17, 15) is 13.2 Å². The summed E-state index contributed by atoms with van der Waals surface area (Å²) in [6.07, 6.45) is 2.88. The first kappa shape index (κ1) is 29.6. The Morgan fingerprint density at radius 2 is 1.90 bits per heavy atom. The van der Waals surface area contributed by atoms with Crippen molar-refractivity contribution in [2.75, 3.05) is 18.1 Å². The Kier molecular flexibility index (Phi) is 9.15. The maximum atomic E-state index is 11.7. The molecule has 2 aromatic carbocycles. The molecule has 0 spiro atoms. The molecule has 5 rings (SSSR count). The van der Waals surface area contributed by atoms with Gasteiger partial charge in [-0.2, -0.15) is 0 Å². The first-order valence-electron chi connectivity index (χ1n) is 13.9. The van der Waals surface area contributed by atoms with Gasteiger partial charge in [-0.25, -0.2) is 13.4 Å².